The van der Waals surface area contributed by atoms with E-state index in [9.17, 15) is 9.59 Å². The van der Waals surface area contributed by atoms with Crippen LogP contribution in [0.25, 0.3) is 22.0 Å². The van der Waals surface area contributed by atoms with Crippen LogP contribution in [0.2, 0.25) is 5.02 Å². The molecule has 0 bridgehead atoms. The fraction of sp³-hybridized carbons (Fsp3) is 0.0435. The van der Waals surface area contributed by atoms with Gasteiger partial charge >= 0.3 is 0 Å². The Morgan fingerprint density at radius 3 is 2.39 bits per heavy atom. The van der Waals surface area contributed by atoms with Gasteiger partial charge in [0.25, 0.3) is 5.91 Å². The molecule has 0 unspecified atom stereocenters. The predicted molar refractivity (Wildman–Crippen MR) is 114 cm³/mol. The van der Waals surface area contributed by atoms with Gasteiger partial charge in [-0.1, -0.05) is 54.1 Å². The highest BCUT2D eigenvalue weighted by Crippen LogP contribution is 2.30. The summed E-state index contributed by atoms with van der Waals surface area (Å²) in [6, 6.07) is 23.3. The van der Waals surface area contributed by atoms with E-state index in [0.29, 0.717) is 32.9 Å². The number of nitrogens with zero attached hydrogens (tertiary/aromatic N) is 1. The fourth-order valence-electron chi connectivity index (χ4n) is 3.32. The van der Waals surface area contributed by atoms with Crippen molar-refractivity contribution in [1.82, 2.24) is 4.57 Å². The SMILES string of the molecule is Cn1c(NC(=O)c2ccccc2)c(-c2cccc(Cl)c2)c(=O)c2ccccc21. The normalized spacial score (nSPS) is 10.8. The van der Waals surface area contributed by atoms with Crippen LogP contribution in [0.3, 0.4) is 0 Å². The molecule has 1 N–H and O–H groups in total. The van der Waals surface area contributed by atoms with E-state index in [1.807, 2.05) is 41.9 Å². The van der Waals surface area contributed by atoms with Gasteiger partial charge < -0.3 is 9.88 Å². The minimum absolute atomic E-state index is 0.153. The van der Waals surface area contributed by atoms with Gasteiger partial charge in [-0.15, -0.1) is 0 Å². The summed E-state index contributed by atoms with van der Waals surface area (Å²) >= 11 is 6.16. The number of amides is 1. The molecule has 0 aliphatic carbocycles. The van der Waals surface area contributed by atoms with Gasteiger partial charge in [0.15, 0.2) is 5.43 Å². The summed E-state index contributed by atoms with van der Waals surface area (Å²) in [6.45, 7) is 0. The molecule has 0 spiro atoms. The molecule has 4 rings (SSSR count). The first-order valence-electron chi connectivity index (χ1n) is 8.80. The number of halogens is 1. The van der Waals surface area contributed by atoms with Gasteiger partial charge in [0, 0.05) is 23.0 Å². The lowest BCUT2D eigenvalue weighted by Crippen LogP contribution is -2.21. The van der Waals surface area contributed by atoms with Crippen molar-refractivity contribution in [3.63, 3.8) is 0 Å². The molecule has 0 aliphatic heterocycles. The average molecular weight is 389 g/mol. The number of rotatable bonds is 3. The van der Waals surface area contributed by atoms with Crippen molar-refractivity contribution in [2.24, 2.45) is 7.05 Å². The molecule has 0 saturated heterocycles. The van der Waals surface area contributed by atoms with Gasteiger partial charge in [0.05, 0.1) is 11.1 Å². The van der Waals surface area contributed by atoms with Crippen molar-refractivity contribution < 1.29 is 4.79 Å². The average Bonchev–Trinajstić information content (AvgIpc) is 2.72. The zero-order valence-electron chi connectivity index (χ0n) is 15.1. The molecule has 4 aromatic rings. The first-order valence-corrected chi connectivity index (χ1v) is 9.18. The van der Waals surface area contributed by atoms with E-state index >= 15 is 0 Å². The summed E-state index contributed by atoms with van der Waals surface area (Å²) in [7, 11) is 1.83. The standard InChI is InChI=1S/C23H17ClN2O2/c1-26-19-13-6-5-12-18(19)21(27)20(16-10-7-11-17(24)14-16)22(26)25-23(28)15-8-3-2-4-9-15/h2-14H,1H3,(H,25,28). The van der Waals surface area contributed by atoms with Gasteiger partial charge in [0.1, 0.15) is 5.82 Å². The summed E-state index contributed by atoms with van der Waals surface area (Å²) < 4.78 is 1.83. The van der Waals surface area contributed by atoms with Gasteiger partial charge in [0.2, 0.25) is 0 Å². The van der Waals surface area contributed by atoms with Crippen LogP contribution in [-0.4, -0.2) is 10.5 Å². The smallest absolute Gasteiger partial charge is 0.256 e. The maximum atomic E-state index is 13.3. The topological polar surface area (TPSA) is 51.1 Å². The first kappa shape index (κ1) is 18.0. The van der Waals surface area contributed by atoms with Gasteiger partial charge in [-0.05, 0) is 42.0 Å². The highest BCUT2D eigenvalue weighted by molar-refractivity contribution is 6.30. The number of aryl methyl sites for hydroxylation is 1. The fourth-order valence-corrected chi connectivity index (χ4v) is 3.51. The first-order chi connectivity index (χ1) is 13.6. The number of nitrogens with one attached hydrogen (secondary N) is 1. The summed E-state index contributed by atoms with van der Waals surface area (Å²) in [5.41, 5.74) is 2.16. The molecule has 1 heterocycles. The summed E-state index contributed by atoms with van der Waals surface area (Å²) in [5.74, 6) is 0.147. The number of carbonyl (C=O) groups is 1. The molecule has 1 aromatic heterocycles. The van der Waals surface area contributed by atoms with Crippen LogP contribution in [0.15, 0.2) is 83.7 Å². The highest BCUT2D eigenvalue weighted by Gasteiger charge is 2.19. The lowest BCUT2D eigenvalue weighted by Gasteiger charge is -2.18. The third kappa shape index (κ3) is 3.19. The van der Waals surface area contributed by atoms with Crippen LogP contribution in [0.1, 0.15) is 10.4 Å². The predicted octanol–water partition coefficient (Wildman–Crippen LogP) is 5.11. The Morgan fingerprint density at radius 2 is 1.64 bits per heavy atom. The number of benzene rings is 3. The summed E-state index contributed by atoms with van der Waals surface area (Å²) in [6.07, 6.45) is 0. The number of aromatic nitrogens is 1. The molecule has 0 aliphatic rings. The minimum atomic E-state index is -0.283. The van der Waals surface area contributed by atoms with Crippen LogP contribution >= 0.6 is 11.6 Å². The third-order valence-electron chi connectivity index (χ3n) is 4.69. The largest absolute Gasteiger partial charge is 0.330 e. The molecule has 4 nitrogen and oxygen atoms in total. The summed E-state index contributed by atoms with van der Waals surface area (Å²) in [4.78, 5) is 26.1. The molecule has 0 fully saturated rings. The molecule has 0 radical (unpaired) electrons. The molecular formula is C23H17ClN2O2. The Balaban J connectivity index is 1.98. The minimum Gasteiger partial charge on any atom is -0.330 e. The maximum absolute atomic E-state index is 13.3. The van der Waals surface area contributed by atoms with Crippen molar-refractivity contribution in [2.75, 3.05) is 5.32 Å². The Bertz CT molecular complexity index is 1250. The molecule has 0 atom stereocenters. The Morgan fingerprint density at radius 1 is 0.929 bits per heavy atom. The van der Waals surface area contributed by atoms with Crippen molar-refractivity contribution >= 4 is 34.2 Å². The number of hydrogen-bond acceptors (Lipinski definition) is 2. The third-order valence-corrected chi connectivity index (χ3v) is 4.93. The number of para-hydroxylation sites is 1. The number of anilines is 1. The molecule has 5 heteroatoms. The van der Waals surface area contributed by atoms with Crippen molar-refractivity contribution in [3.05, 3.63) is 99.7 Å². The van der Waals surface area contributed by atoms with E-state index in [-0.39, 0.29) is 11.3 Å². The van der Waals surface area contributed by atoms with Gasteiger partial charge in [-0.3, -0.25) is 9.59 Å². The van der Waals surface area contributed by atoms with Crippen LogP contribution < -0.4 is 10.7 Å². The quantitative estimate of drug-likeness (QED) is 0.530. The summed E-state index contributed by atoms with van der Waals surface area (Å²) in [5, 5.41) is 4.03. The lowest BCUT2D eigenvalue weighted by atomic mass is 10.0. The van der Waals surface area contributed by atoms with E-state index in [2.05, 4.69) is 5.32 Å². The monoisotopic (exact) mass is 388 g/mol. The van der Waals surface area contributed by atoms with Crippen LogP contribution in [-0.2, 0) is 7.05 Å². The lowest BCUT2D eigenvalue weighted by molar-refractivity contribution is 0.102. The van der Waals surface area contributed by atoms with E-state index in [0.717, 1.165) is 5.52 Å². The number of pyridine rings is 1. The van der Waals surface area contributed by atoms with Gasteiger partial charge in [-0.2, -0.15) is 0 Å². The molecule has 1 amide bonds. The van der Waals surface area contributed by atoms with E-state index in [4.69, 9.17) is 11.6 Å². The van der Waals surface area contributed by atoms with Crippen LogP contribution in [0.4, 0.5) is 5.82 Å². The molecular weight excluding hydrogens is 372 g/mol. The Labute approximate surface area is 167 Å². The van der Waals surface area contributed by atoms with E-state index < -0.39 is 0 Å². The Kier molecular flexibility index (Phi) is 4.72. The van der Waals surface area contributed by atoms with Crippen LogP contribution in [0.5, 0.6) is 0 Å². The molecule has 0 saturated carbocycles. The molecule has 138 valence electrons. The molecule has 28 heavy (non-hydrogen) atoms. The van der Waals surface area contributed by atoms with Crippen molar-refractivity contribution in [2.45, 2.75) is 0 Å². The molecule has 3 aromatic carbocycles. The van der Waals surface area contributed by atoms with Crippen molar-refractivity contribution in [1.29, 1.82) is 0 Å². The zero-order chi connectivity index (χ0) is 19.7. The number of carbonyl (C=O) groups excluding carboxylic acids is 1. The second-order valence-electron chi connectivity index (χ2n) is 6.46. The second kappa shape index (κ2) is 7.33. The highest BCUT2D eigenvalue weighted by atomic mass is 35.5. The number of fused-ring (bicyclic) bond motifs is 1. The van der Waals surface area contributed by atoms with Crippen LogP contribution in [0, 0.1) is 0 Å². The maximum Gasteiger partial charge on any atom is 0.256 e. The van der Waals surface area contributed by atoms with E-state index in [1.165, 1.54) is 0 Å². The second-order valence-corrected chi connectivity index (χ2v) is 6.90. The number of hydrogen-bond donors (Lipinski definition) is 1. The van der Waals surface area contributed by atoms with Crippen molar-refractivity contribution in [3.8, 4) is 11.1 Å². The van der Waals surface area contributed by atoms with E-state index in [1.54, 1.807) is 48.5 Å². The zero-order valence-corrected chi connectivity index (χ0v) is 15.9. The Hall–Kier alpha value is -3.37. The van der Waals surface area contributed by atoms with Gasteiger partial charge in [-0.25, -0.2) is 0 Å².